The molecule has 9 heteroatoms. The van der Waals surface area contributed by atoms with Crippen LogP contribution in [0.4, 0.5) is 0 Å². The number of benzene rings is 2. The van der Waals surface area contributed by atoms with Crippen LogP contribution in [0, 0.1) is 17.8 Å². The Morgan fingerprint density at radius 3 is 1.95 bits per heavy atom. The molecule has 2 aromatic carbocycles. The third-order valence-electron chi connectivity index (χ3n) is 6.35. The maximum atomic E-state index is 11.9. The summed E-state index contributed by atoms with van der Waals surface area (Å²) in [6.07, 6.45) is 5.47. The molecule has 2 aromatic rings. The maximum Gasteiger partial charge on any atom is 1.00 e. The normalized spacial score (nSPS) is 20.5. The third-order valence-corrected chi connectivity index (χ3v) is 8.44. The quantitative estimate of drug-likeness (QED) is 0.276. The standard InChI is InChI=1S/C16H18O4S.C14H16O2S.Na/c1-20-16(19)15-11(9-12(17)10-14(15)18)7-8-21-13-5-3-2-4-6-13;15-12-8-11(9-13(16)10-12)6-7-17-14-4-2-1-3-5-14;/h2-6,10-11,15,18H,7-9H2,1H3;1-5,10-11,15H,6-9H2;/q;;+1/p-1. The number of rotatable bonds is 9. The number of thioether (sulfide) groups is 2. The van der Waals surface area contributed by atoms with Gasteiger partial charge in [-0.1, -0.05) is 36.4 Å². The first-order chi connectivity index (χ1) is 18.4. The van der Waals surface area contributed by atoms with E-state index < -0.39 is 17.6 Å². The predicted molar refractivity (Wildman–Crippen MR) is 149 cm³/mol. The Hall–Kier alpha value is -1.97. The molecule has 39 heavy (non-hydrogen) atoms. The Bertz CT molecular complexity index is 1140. The van der Waals surface area contributed by atoms with Crippen molar-refractivity contribution >= 4 is 41.1 Å². The summed E-state index contributed by atoms with van der Waals surface area (Å²) in [5.41, 5.74) is 0. The molecule has 0 aliphatic heterocycles. The minimum atomic E-state index is -0.830. The third kappa shape index (κ3) is 11.6. The average molecular weight is 577 g/mol. The molecule has 2 aliphatic carbocycles. The molecule has 0 saturated carbocycles. The Kier molecular flexibility index (Phi) is 15.1. The van der Waals surface area contributed by atoms with Crippen LogP contribution in [0.15, 0.2) is 94.1 Å². The Morgan fingerprint density at radius 2 is 1.41 bits per heavy atom. The molecule has 0 radical (unpaired) electrons. The smallest absolute Gasteiger partial charge is 0.875 e. The predicted octanol–water partition coefficient (Wildman–Crippen LogP) is 2.39. The van der Waals surface area contributed by atoms with Crippen molar-refractivity contribution in [3.8, 4) is 0 Å². The van der Waals surface area contributed by atoms with E-state index in [9.17, 15) is 24.6 Å². The zero-order valence-corrected chi connectivity index (χ0v) is 26.0. The van der Waals surface area contributed by atoms with Crippen molar-refractivity contribution in [1.82, 2.24) is 0 Å². The van der Waals surface area contributed by atoms with Crippen LogP contribution in [0.25, 0.3) is 0 Å². The molecular weight excluding hydrogens is 543 g/mol. The van der Waals surface area contributed by atoms with E-state index in [-0.39, 0.29) is 59.2 Å². The summed E-state index contributed by atoms with van der Waals surface area (Å²) in [5.74, 6) is 0.102. The molecule has 0 spiro atoms. The number of allylic oxidation sites excluding steroid dienone is 3. The van der Waals surface area contributed by atoms with E-state index in [0.29, 0.717) is 25.2 Å². The minimum absolute atomic E-state index is 0. The fourth-order valence-corrected chi connectivity index (χ4v) is 6.53. The summed E-state index contributed by atoms with van der Waals surface area (Å²) >= 11 is 3.46. The summed E-state index contributed by atoms with van der Waals surface area (Å²) in [5, 5.41) is 21.3. The van der Waals surface area contributed by atoms with Gasteiger partial charge in [-0.25, -0.2) is 0 Å². The molecule has 1 N–H and O–H groups in total. The summed E-state index contributed by atoms with van der Waals surface area (Å²) in [7, 11) is 1.27. The molecule has 202 valence electrons. The average Bonchev–Trinajstić information content (AvgIpc) is 2.89. The van der Waals surface area contributed by atoms with Crippen LogP contribution in [-0.2, 0) is 19.1 Å². The van der Waals surface area contributed by atoms with E-state index in [1.165, 1.54) is 18.1 Å². The van der Waals surface area contributed by atoms with Crippen LogP contribution in [0.2, 0.25) is 0 Å². The Balaban J connectivity index is 0.000000272. The van der Waals surface area contributed by atoms with Crippen LogP contribution in [0.1, 0.15) is 32.1 Å². The zero-order valence-electron chi connectivity index (χ0n) is 22.4. The van der Waals surface area contributed by atoms with Gasteiger partial charge in [0.2, 0.25) is 0 Å². The van der Waals surface area contributed by atoms with E-state index in [4.69, 9.17) is 4.74 Å². The van der Waals surface area contributed by atoms with Gasteiger partial charge < -0.3 is 14.9 Å². The minimum Gasteiger partial charge on any atom is -0.875 e. The van der Waals surface area contributed by atoms with Crippen molar-refractivity contribution in [3.63, 3.8) is 0 Å². The summed E-state index contributed by atoms with van der Waals surface area (Å²) < 4.78 is 4.69. The van der Waals surface area contributed by atoms with E-state index in [1.54, 1.807) is 23.5 Å². The largest absolute Gasteiger partial charge is 1.00 e. The number of esters is 1. The first-order valence-corrected chi connectivity index (χ1v) is 14.6. The molecule has 2 aliphatic rings. The van der Waals surface area contributed by atoms with Crippen LogP contribution >= 0.6 is 23.5 Å². The second-order valence-electron chi connectivity index (χ2n) is 9.25. The second kappa shape index (κ2) is 17.7. The number of ketones is 2. The molecule has 0 fully saturated rings. The maximum absolute atomic E-state index is 11.9. The van der Waals surface area contributed by atoms with E-state index in [0.717, 1.165) is 28.9 Å². The number of hydrogen-bond donors (Lipinski definition) is 1. The van der Waals surface area contributed by atoms with Crippen molar-refractivity contribution in [2.75, 3.05) is 18.6 Å². The van der Waals surface area contributed by atoms with Crippen molar-refractivity contribution in [3.05, 3.63) is 84.3 Å². The number of carbonyl (C=O) groups is 3. The first kappa shape index (κ1) is 33.2. The van der Waals surface area contributed by atoms with Gasteiger partial charge in [0, 0.05) is 35.1 Å². The molecule has 0 aromatic heterocycles. The monoisotopic (exact) mass is 576 g/mol. The van der Waals surface area contributed by atoms with Crippen LogP contribution in [-0.4, -0.2) is 41.3 Å². The summed E-state index contributed by atoms with van der Waals surface area (Å²) in [4.78, 5) is 36.9. The summed E-state index contributed by atoms with van der Waals surface area (Å²) in [6.45, 7) is 0. The zero-order chi connectivity index (χ0) is 27.3. The van der Waals surface area contributed by atoms with Gasteiger partial charge in [-0.05, 0) is 66.5 Å². The first-order valence-electron chi connectivity index (χ1n) is 12.6. The SMILES string of the molecule is COC(=O)C1C([O-])=CC(=O)CC1CCSc1ccccc1.O=C1C=C(O)CC(CCSc2ccccc2)C1.[Na+]. The van der Waals surface area contributed by atoms with Crippen molar-refractivity contribution < 1.29 is 58.9 Å². The van der Waals surface area contributed by atoms with Gasteiger partial charge in [0.1, 0.15) is 0 Å². The number of hydrogen-bond acceptors (Lipinski definition) is 8. The molecule has 3 unspecified atom stereocenters. The Morgan fingerprint density at radius 1 is 0.872 bits per heavy atom. The number of aliphatic hydroxyl groups excluding tert-OH is 1. The molecule has 4 rings (SSSR count). The summed E-state index contributed by atoms with van der Waals surface area (Å²) in [6, 6.07) is 20.1. The van der Waals surface area contributed by atoms with Crippen molar-refractivity contribution in [1.29, 1.82) is 0 Å². The van der Waals surface area contributed by atoms with Crippen LogP contribution in [0.3, 0.4) is 0 Å². The van der Waals surface area contributed by atoms with E-state index >= 15 is 0 Å². The van der Waals surface area contributed by atoms with Crippen molar-refractivity contribution in [2.45, 2.75) is 41.9 Å². The number of aliphatic hydroxyl groups is 1. The van der Waals surface area contributed by atoms with Gasteiger partial charge in [-0.2, -0.15) is 0 Å². The van der Waals surface area contributed by atoms with Gasteiger partial charge in [-0.3, -0.25) is 14.4 Å². The molecule has 0 amide bonds. The molecule has 0 bridgehead atoms. The molecule has 6 nitrogen and oxygen atoms in total. The second-order valence-corrected chi connectivity index (χ2v) is 11.6. The molecule has 0 heterocycles. The van der Waals surface area contributed by atoms with Crippen LogP contribution < -0.4 is 34.7 Å². The fourth-order valence-electron chi connectivity index (χ4n) is 4.49. The van der Waals surface area contributed by atoms with Gasteiger partial charge in [0.25, 0.3) is 0 Å². The fraction of sp³-hybridized carbons (Fsp3) is 0.367. The van der Waals surface area contributed by atoms with E-state index in [1.807, 2.05) is 48.5 Å². The number of methoxy groups -OCH3 is 1. The van der Waals surface area contributed by atoms with E-state index in [2.05, 4.69) is 12.1 Å². The number of carbonyl (C=O) groups excluding carboxylic acids is 3. The van der Waals surface area contributed by atoms with Crippen LogP contribution in [0.5, 0.6) is 0 Å². The number of ether oxygens (including phenoxy) is 1. The molecule has 3 atom stereocenters. The van der Waals surface area contributed by atoms with Gasteiger partial charge >= 0.3 is 35.5 Å². The molecule has 0 saturated heterocycles. The molecular formula is C30H33NaO6S2. The Labute approximate surface area is 261 Å². The van der Waals surface area contributed by atoms with Crippen molar-refractivity contribution in [2.24, 2.45) is 17.8 Å². The van der Waals surface area contributed by atoms with Gasteiger partial charge in [0.15, 0.2) is 11.6 Å². The van der Waals surface area contributed by atoms with Gasteiger partial charge in [-0.15, -0.1) is 29.3 Å². The topological polar surface area (TPSA) is 104 Å². The van der Waals surface area contributed by atoms with Gasteiger partial charge in [0.05, 0.1) is 18.8 Å².